The first-order valence-electron chi connectivity index (χ1n) is 11.2. The van der Waals surface area contributed by atoms with Gasteiger partial charge >= 0.3 is 0 Å². The van der Waals surface area contributed by atoms with Gasteiger partial charge in [0.05, 0.1) is 4.90 Å². The summed E-state index contributed by atoms with van der Waals surface area (Å²) in [5.41, 5.74) is 4.67. The molecule has 2 aliphatic rings. The molecule has 0 spiro atoms. The molecule has 4 nitrogen and oxygen atoms in total. The molecular formula is C26H27FN2O2S. The Morgan fingerprint density at radius 1 is 0.844 bits per heavy atom. The van der Waals surface area contributed by atoms with Crippen LogP contribution in [0.5, 0.6) is 0 Å². The number of sulfonamides is 1. The van der Waals surface area contributed by atoms with E-state index in [-0.39, 0.29) is 11.9 Å². The maximum atomic E-state index is 13.1. The highest BCUT2D eigenvalue weighted by Gasteiger charge is 2.41. The van der Waals surface area contributed by atoms with Crippen LogP contribution in [0.1, 0.15) is 29.5 Å². The lowest BCUT2D eigenvalue weighted by molar-refractivity contribution is 0.386. The van der Waals surface area contributed by atoms with E-state index in [0.29, 0.717) is 23.3 Å². The summed E-state index contributed by atoms with van der Waals surface area (Å²) in [6.45, 7) is 0.630. The lowest BCUT2D eigenvalue weighted by Gasteiger charge is -2.23. The number of rotatable bonds is 6. The molecule has 32 heavy (non-hydrogen) atoms. The molecule has 5 rings (SSSR count). The second-order valence-corrected chi connectivity index (χ2v) is 10.6. The first kappa shape index (κ1) is 21.2. The lowest BCUT2D eigenvalue weighted by Crippen LogP contribution is -2.41. The number of hydrogen-bond donors (Lipinski definition) is 2. The zero-order valence-corrected chi connectivity index (χ0v) is 18.6. The van der Waals surface area contributed by atoms with Crippen LogP contribution in [0.4, 0.5) is 10.1 Å². The molecule has 166 valence electrons. The summed E-state index contributed by atoms with van der Waals surface area (Å²) in [6.07, 6.45) is 3.86. The molecule has 3 unspecified atom stereocenters. The van der Waals surface area contributed by atoms with Gasteiger partial charge in [-0.05, 0) is 90.6 Å². The number of halogens is 1. The Labute approximate surface area is 188 Å². The van der Waals surface area contributed by atoms with Crippen LogP contribution in [0, 0.1) is 17.7 Å². The van der Waals surface area contributed by atoms with Crippen LogP contribution >= 0.6 is 0 Å². The van der Waals surface area contributed by atoms with Gasteiger partial charge in [0.15, 0.2) is 0 Å². The molecular weight excluding hydrogens is 423 g/mol. The SMILES string of the molecule is O=S(=O)(NC1C2CCC1Cc1cc(NCc3ccc(F)cc3)ccc1C2)c1ccccc1. The van der Waals surface area contributed by atoms with E-state index in [1.54, 1.807) is 36.4 Å². The highest BCUT2D eigenvalue weighted by molar-refractivity contribution is 7.89. The minimum Gasteiger partial charge on any atom is -0.381 e. The summed E-state index contributed by atoms with van der Waals surface area (Å²) >= 11 is 0. The predicted molar refractivity (Wildman–Crippen MR) is 124 cm³/mol. The maximum Gasteiger partial charge on any atom is 0.240 e. The second-order valence-electron chi connectivity index (χ2n) is 8.93. The van der Waals surface area contributed by atoms with Crippen molar-refractivity contribution in [2.75, 3.05) is 5.32 Å². The molecule has 3 atom stereocenters. The molecule has 0 amide bonds. The van der Waals surface area contributed by atoms with Gasteiger partial charge in [-0.1, -0.05) is 36.4 Å². The van der Waals surface area contributed by atoms with Gasteiger partial charge < -0.3 is 5.32 Å². The van der Waals surface area contributed by atoms with E-state index in [1.165, 1.54) is 23.3 Å². The van der Waals surface area contributed by atoms with E-state index in [0.717, 1.165) is 36.9 Å². The Kier molecular flexibility index (Phi) is 5.74. The van der Waals surface area contributed by atoms with Gasteiger partial charge in [-0.2, -0.15) is 0 Å². The number of fused-ring (bicyclic) bond motifs is 3. The Morgan fingerprint density at radius 3 is 2.25 bits per heavy atom. The molecule has 3 aromatic carbocycles. The topological polar surface area (TPSA) is 58.2 Å². The summed E-state index contributed by atoms with van der Waals surface area (Å²) in [7, 11) is -3.53. The third-order valence-corrected chi connectivity index (χ3v) is 8.32. The van der Waals surface area contributed by atoms with Crippen molar-refractivity contribution < 1.29 is 12.8 Å². The molecule has 0 saturated heterocycles. The highest BCUT2D eigenvalue weighted by atomic mass is 32.2. The van der Waals surface area contributed by atoms with Gasteiger partial charge in [-0.25, -0.2) is 17.5 Å². The van der Waals surface area contributed by atoms with Gasteiger partial charge in [-0.3, -0.25) is 0 Å². The molecule has 2 bridgehead atoms. The van der Waals surface area contributed by atoms with E-state index >= 15 is 0 Å². The Hall–Kier alpha value is -2.70. The van der Waals surface area contributed by atoms with Crippen LogP contribution < -0.4 is 10.0 Å². The van der Waals surface area contributed by atoms with Crippen molar-refractivity contribution in [3.8, 4) is 0 Å². The summed E-state index contributed by atoms with van der Waals surface area (Å²) in [4.78, 5) is 0.327. The smallest absolute Gasteiger partial charge is 0.240 e. The average molecular weight is 451 g/mol. The van der Waals surface area contributed by atoms with Gasteiger partial charge in [0.2, 0.25) is 10.0 Å². The van der Waals surface area contributed by atoms with Crippen molar-refractivity contribution >= 4 is 15.7 Å². The average Bonchev–Trinajstić information content (AvgIpc) is 3.07. The van der Waals surface area contributed by atoms with Crippen molar-refractivity contribution in [2.45, 2.75) is 43.2 Å². The van der Waals surface area contributed by atoms with Crippen LogP contribution in [0.25, 0.3) is 0 Å². The maximum absolute atomic E-state index is 13.1. The molecule has 1 fully saturated rings. The van der Waals surface area contributed by atoms with E-state index in [9.17, 15) is 12.8 Å². The van der Waals surface area contributed by atoms with Gasteiger partial charge in [0.25, 0.3) is 0 Å². The van der Waals surface area contributed by atoms with Crippen molar-refractivity contribution in [3.63, 3.8) is 0 Å². The van der Waals surface area contributed by atoms with Crippen molar-refractivity contribution in [1.29, 1.82) is 0 Å². The fourth-order valence-electron chi connectivity index (χ4n) is 5.17. The zero-order valence-electron chi connectivity index (χ0n) is 17.8. The van der Waals surface area contributed by atoms with E-state index in [2.05, 4.69) is 28.2 Å². The third kappa shape index (κ3) is 4.43. The monoisotopic (exact) mass is 450 g/mol. The molecule has 3 aromatic rings. The first-order chi connectivity index (χ1) is 15.5. The quantitative estimate of drug-likeness (QED) is 0.561. The normalized spacial score (nSPS) is 22.2. The first-order valence-corrected chi connectivity index (χ1v) is 12.6. The molecule has 1 saturated carbocycles. The Bertz CT molecular complexity index is 1200. The molecule has 0 radical (unpaired) electrons. The predicted octanol–water partition coefficient (Wildman–Crippen LogP) is 4.91. The van der Waals surface area contributed by atoms with Crippen LogP contribution in [0.15, 0.2) is 77.7 Å². The van der Waals surface area contributed by atoms with Crippen molar-refractivity contribution in [3.05, 3.63) is 95.3 Å². The fourth-order valence-corrected chi connectivity index (χ4v) is 6.56. The van der Waals surface area contributed by atoms with Gasteiger partial charge in [-0.15, -0.1) is 0 Å². The standard InChI is InChI=1S/C26H27FN2O2S/c27-23-11-6-18(7-12-23)17-28-24-13-10-19-14-20-8-9-21(15-22(19)16-24)26(20)29-32(30,31)25-4-2-1-3-5-25/h1-7,10-13,16,20-21,26,28-29H,8-9,14-15,17H2. The van der Waals surface area contributed by atoms with Crippen molar-refractivity contribution in [1.82, 2.24) is 4.72 Å². The van der Waals surface area contributed by atoms with Gasteiger partial charge in [0, 0.05) is 18.3 Å². The number of nitrogens with one attached hydrogen (secondary N) is 2. The number of hydrogen-bond acceptors (Lipinski definition) is 3. The molecule has 0 heterocycles. The van der Waals surface area contributed by atoms with E-state index < -0.39 is 10.0 Å². The Balaban J connectivity index is 1.31. The minimum absolute atomic E-state index is 0.0387. The van der Waals surface area contributed by atoms with Crippen LogP contribution in [0.2, 0.25) is 0 Å². The largest absolute Gasteiger partial charge is 0.381 e. The zero-order chi connectivity index (χ0) is 22.1. The number of benzene rings is 3. The van der Waals surface area contributed by atoms with Crippen LogP contribution in [-0.4, -0.2) is 14.5 Å². The van der Waals surface area contributed by atoms with Crippen molar-refractivity contribution in [2.24, 2.45) is 11.8 Å². The molecule has 2 N–H and O–H groups in total. The summed E-state index contributed by atoms with van der Waals surface area (Å²) < 4.78 is 42.1. The second kappa shape index (κ2) is 8.68. The molecule has 6 heteroatoms. The van der Waals surface area contributed by atoms with E-state index in [4.69, 9.17) is 0 Å². The molecule has 0 aromatic heterocycles. The molecule has 2 aliphatic carbocycles. The van der Waals surface area contributed by atoms with Gasteiger partial charge in [0.1, 0.15) is 5.82 Å². The Morgan fingerprint density at radius 2 is 1.53 bits per heavy atom. The minimum atomic E-state index is -3.53. The van der Waals surface area contributed by atoms with E-state index in [1.807, 2.05) is 6.07 Å². The summed E-state index contributed by atoms with van der Waals surface area (Å²) in [5, 5.41) is 3.43. The highest BCUT2D eigenvalue weighted by Crippen LogP contribution is 2.41. The summed E-state index contributed by atoms with van der Waals surface area (Å²) in [5.74, 6) is 0.385. The summed E-state index contributed by atoms with van der Waals surface area (Å²) in [6, 6.07) is 21.6. The number of anilines is 1. The fraction of sp³-hybridized carbons (Fsp3) is 0.308. The molecule has 0 aliphatic heterocycles. The third-order valence-electron chi connectivity index (χ3n) is 6.85. The van der Waals surface area contributed by atoms with Crippen LogP contribution in [-0.2, 0) is 29.4 Å². The van der Waals surface area contributed by atoms with Crippen LogP contribution in [0.3, 0.4) is 0 Å². The lowest BCUT2D eigenvalue weighted by atomic mass is 9.93.